The second kappa shape index (κ2) is 3.63. The first-order valence-corrected chi connectivity index (χ1v) is 4.35. The first-order chi connectivity index (χ1) is 6.03. The molecule has 1 aromatic heterocycles. The molecule has 1 rings (SSSR count). The van der Waals surface area contributed by atoms with Gasteiger partial charge in [-0.05, 0) is 25.3 Å². The SMILES string of the molecule is CCC(C)(N)C#Cc1ccn(C)n1. The fraction of sp³-hybridized carbons (Fsp3) is 0.500. The summed E-state index contributed by atoms with van der Waals surface area (Å²) in [6.45, 7) is 3.94. The molecular formula is C10H15N3. The van der Waals surface area contributed by atoms with Crippen LogP contribution in [0.4, 0.5) is 0 Å². The van der Waals surface area contributed by atoms with Gasteiger partial charge in [0.05, 0.1) is 5.54 Å². The highest BCUT2D eigenvalue weighted by atomic mass is 15.2. The number of nitrogens with zero attached hydrogens (tertiary/aromatic N) is 2. The molecule has 3 heteroatoms. The van der Waals surface area contributed by atoms with Crippen LogP contribution in [0.25, 0.3) is 0 Å². The second-order valence-corrected chi connectivity index (χ2v) is 3.40. The molecule has 0 bridgehead atoms. The molecule has 1 aromatic rings. The van der Waals surface area contributed by atoms with Crippen LogP contribution in [0.1, 0.15) is 26.0 Å². The smallest absolute Gasteiger partial charge is 0.135 e. The van der Waals surface area contributed by atoms with Gasteiger partial charge in [-0.2, -0.15) is 5.10 Å². The highest BCUT2D eigenvalue weighted by Crippen LogP contribution is 2.02. The van der Waals surface area contributed by atoms with Crippen molar-refractivity contribution in [2.24, 2.45) is 12.8 Å². The van der Waals surface area contributed by atoms with Crippen LogP contribution in [0.5, 0.6) is 0 Å². The van der Waals surface area contributed by atoms with E-state index in [1.807, 2.05) is 33.2 Å². The lowest BCUT2D eigenvalue weighted by Crippen LogP contribution is -2.33. The van der Waals surface area contributed by atoms with Gasteiger partial charge in [-0.1, -0.05) is 12.8 Å². The van der Waals surface area contributed by atoms with Crippen molar-refractivity contribution in [1.82, 2.24) is 9.78 Å². The maximum Gasteiger partial charge on any atom is 0.135 e. The van der Waals surface area contributed by atoms with Gasteiger partial charge in [0.2, 0.25) is 0 Å². The number of aromatic nitrogens is 2. The van der Waals surface area contributed by atoms with Crippen molar-refractivity contribution in [2.75, 3.05) is 0 Å². The molecule has 1 heterocycles. The summed E-state index contributed by atoms with van der Waals surface area (Å²) >= 11 is 0. The van der Waals surface area contributed by atoms with Crippen molar-refractivity contribution < 1.29 is 0 Å². The maximum atomic E-state index is 5.86. The molecule has 0 spiro atoms. The molecular weight excluding hydrogens is 162 g/mol. The Bertz CT molecular complexity index is 339. The Hall–Kier alpha value is -1.27. The van der Waals surface area contributed by atoms with Crippen LogP contribution in [0.15, 0.2) is 12.3 Å². The van der Waals surface area contributed by atoms with Crippen LogP contribution in [0.3, 0.4) is 0 Å². The van der Waals surface area contributed by atoms with Crippen molar-refractivity contribution in [3.63, 3.8) is 0 Å². The summed E-state index contributed by atoms with van der Waals surface area (Å²) in [5.41, 5.74) is 6.23. The zero-order chi connectivity index (χ0) is 9.90. The molecule has 0 radical (unpaired) electrons. The monoisotopic (exact) mass is 177 g/mol. The third kappa shape index (κ3) is 2.92. The summed E-state index contributed by atoms with van der Waals surface area (Å²) in [5, 5.41) is 4.14. The minimum absolute atomic E-state index is 0.405. The average Bonchev–Trinajstić information content (AvgIpc) is 2.48. The molecule has 0 saturated heterocycles. The van der Waals surface area contributed by atoms with E-state index in [1.165, 1.54) is 0 Å². The lowest BCUT2D eigenvalue weighted by Gasteiger charge is -2.12. The van der Waals surface area contributed by atoms with Gasteiger partial charge >= 0.3 is 0 Å². The Labute approximate surface area is 78.9 Å². The van der Waals surface area contributed by atoms with Crippen molar-refractivity contribution >= 4 is 0 Å². The van der Waals surface area contributed by atoms with Gasteiger partial charge in [0, 0.05) is 13.2 Å². The minimum Gasteiger partial charge on any atom is -0.315 e. The van der Waals surface area contributed by atoms with Crippen molar-refractivity contribution in [3.8, 4) is 11.8 Å². The van der Waals surface area contributed by atoms with Gasteiger partial charge in [-0.15, -0.1) is 0 Å². The number of hydrogen-bond donors (Lipinski definition) is 1. The number of aryl methyl sites for hydroxylation is 1. The Morgan fingerprint density at radius 2 is 2.38 bits per heavy atom. The van der Waals surface area contributed by atoms with Crippen LogP contribution < -0.4 is 5.73 Å². The van der Waals surface area contributed by atoms with Crippen LogP contribution in [-0.2, 0) is 7.05 Å². The molecule has 1 unspecified atom stereocenters. The third-order valence-corrected chi connectivity index (χ3v) is 1.92. The Balaban J connectivity index is 2.78. The highest BCUT2D eigenvalue weighted by molar-refractivity contribution is 5.29. The zero-order valence-corrected chi connectivity index (χ0v) is 8.33. The molecule has 3 nitrogen and oxygen atoms in total. The van der Waals surface area contributed by atoms with E-state index >= 15 is 0 Å². The predicted molar refractivity (Wildman–Crippen MR) is 53.0 cm³/mol. The third-order valence-electron chi connectivity index (χ3n) is 1.92. The number of hydrogen-bond acceptors (Lipinski definition) is 2. The summed E-state index contributed by atoms with van der Waals surface area (Å²) in [4.78, 5) is 0. The Kier molecular flexibility index (Phi) is 2.74. The molecule has 70 valence electrons. The van der Waals surface area contributed by atoms with Crippen molar-refractivity contribution in [3.05, 3.63) is 18.0 Å². The van der Waals surface area contributed by atoms with Crippen LogP contribution >= 0.6 is 0 Å². The van der Waals surface area contributed by atoms with Gasteiger partial charge in [-0.25, -0.2) is 0 Å². The van der Waals surface area contributed by atoms with Gasteiger partial charge in [0.25, 0.3) is 0 Å². The minimum atomic E-state index is -0.405. The van der Waals surface area contributed by atoms with Gasteiger partial charge in [-0.3, -0.25) is 4.68 Å². The normalized spacial score (nSPS) is 14.5. The Morgan fingerprint density at radius 3 is 2.85 bits per heavy atom. The second-order valence-electron chi connectivity index (χ2n) is 3.40. The molecule has 13 heavy (non-hydrogen) atoms. The van der Waals surface area contributed by atoms with Crippen LogP contribution in [-0.4, -0.2) is 15.3 Å². The van der Waals surface area contributed by atoms with E-state index in [-0.39, 0.29) is 0 Å². The maximum absolute atomic E-state index is 5.86. The zero-order valence-electron chi connectivity index (χ0n) is 8.33. The first-order valence-electron chi connectivity index (χ1n) is 4.35. The fourth-order valence-corrected chi connectivity index (χ4v) is 0.777. The topological polar surface area (TPSA) is 43.8 Å². The van der Waals surface area contributed by atoms with E-state index in [1.54, 1.807) is 4.68 Å². The molecule has 0 amide bonds. The van der Waals surface area contributed by atoms with Crippen LogP contribution in [0.2, 0.25) is 0 Å². The largest absolute Gasteiger partial charge is 0.315 e. The van der Waals surface area contributed by atoms with Gasteiger partial charge in [0.15, 0.2) is 0 Å². The lowest BCUT2D eigenvalue weighted by atomic mass is 10.0. The number of rotatable bonds is 1. The summed E-state index contributed by atoms with van der Waals surface area (Å²) in [6, 6.07) is 1.87. The molecule has 1 atom stereocenters. The van der Waals surface area contributed by atoms with Crippen molar-refractivity contribution in [1.29, 1.82) is 0 Å². The molecule has 0 saturated carbocycles. The summed E-state index contributed by atoms with van der Waals surface area (Å²) < 4.78 is 1.73. The first kappa shape index (κ1) is 9.82. The fourth-order valence-electron chi connectivity index (χ4n) is 0.777. The van der Waals surface area contributed by atoms with Gasteiger partial charge in [0.1, 0.15) is 5.69 Å². The van der Waals surface area contributed by atoms with Gasteiger partial charge < -0.3 is 5.73 Å². The average molecular weight is 177 g/mol. The van der Waals surface area contributed by atoms with E-state index in [0.29, 0.717) is 0 Å². The van der Waals surface area contributed by atoms with E-state index in [0.717, 1.165) is 12.1 Å². The lowest BCUT2D eigenvalue weighted by molar-refractivity contribution is 0.586. The molecule has 2 N–H and O–H groups in total. The summed E-state index contributed by atoms with van der Waals surface area (Å²) in [7, 11) is 1.87. The quantitative estimate of drug-likeness (QED) is 0.648. The summed E-state index contributed by atoms with van der Waals surface area (Å²) in [5.74, 6) is 5.94. The van der Waals surface area contributed by atoms with E-state index in [9.17, 15) is 0 Å². The summed E-state index contributed by atoms with van der Waals surface area (Å²) in [6.07, 6.45) is 2.71. The van der Waals surface area contributed by atoms with E-state index in [2.05, 4.69) is 16.9 Å². The highest BCUT2D eigenvalue weighted by Gasteiger charge is 2.10. The molecule has 0 aromatic carbocycles. The van der Waals surface area contributed by atoms with Crippen LogP contribution in [0, 0.1) is 11.8 Å². The number of nitrogens with two attached hydrogens (primary N) is 1. The van der Waals surface area contributed by atoms with E-state index in [4.69, 9.17) is 5.73 Å². The molecule has 0 aliphatic carbocycles. The molecule has 0 fully saturated rings. The van der Waals surface area contributed by atoms with Crippen molar-refractivity contribution in [2.45, 2.75) is 25.8 Å². The van der Waals surface area contributed by atoms with E-state index < -0.39 is 5.54 Å². The molecule has 0 aliphatic heterocycles. The Morgan fingerprint density at radius 1 is 1.69 bits per heavy atom. The standard InChI is InChI=1S/C10H15N3/c1-4-10(2,11)7-5-9-6-8-13(3)12-9/h6,8H,4,11H2,1-3H3. The molecule has 0 aliphatic rings. The predicted octanol–water partition coefficient (Wildman–Crippen LogP) is 0.899.